The molecule has 0 fully saturated rings. The molecule has 0 aromatic heterocycles. The number of fused-ring (bicyclic) bond motifs is 1. The van der Waals surface area contributed by atoms with Crippen LogP contribution in [0.5, 0.6) is 5.75 Å². The van der Waals surface area contributed by atoms with Gasteiger partial charge in [0.1, 0.15) is 5.75 Å². The lowest BCUT2D eigenvalue weighted by molar-refractivity contribution is 0.356. The fourth-order valence-electron chi connectivity index (χ4n) is 2.30. The topological polar surface area (TPSA) is 55.4 Å². The average molecular weight is 303 g/mol. The minimum atomic E-state index is -3.50. The van der Waals surface area contributed by atoms with Crippen LogP contribution in [0.3, 0.4) is 0 Å². The van der Waals surface area contributed by atoms with E-state index >= 15 is 0 Å². The van der Waals surface area contributed by atoms with Crippen molar-refractivity contribution in [2.75, 3.05) is 6.61 Å². The molecule has 1 aliphatic rings. The SMILES string of the molecule is Cc1ccc(CNS(=O)(=O)c2ccc3c(c2)CCO3)cc1. The molecule has 3 rings (SSSR count). The first-order chi connectivity index (χ1) is 10.0. The van der Waals surface area contributed by atoms with Gasteiger partial charge in [-0.05, 0) is 36.2 Å². The van der Waals surface area contributed by atoms with Crippen LogP contribution in [0, 0.1) is 6.92 Å². The Hall–Kier alpha value is -1.85. The first kappa shape index (κ1) is 14.1. The summed E-state index contributed by atoms with van der Waals surface area (Å²) in [6, 6.07) is 12.8. The molecule has 4 nitrogen and oxygen atoms in total. The van der Waals surface area contributed by atoms with E-state index in [0.717, 1.165) is 28.9 Å². The Labute approximate surface area is 124 Å². The number of ether oxygens (including phenoxy) is 1. The molecule has 21 heavy (non-hydrogen) atoms. The molecule has 110 valence electrons. The van der Waals surface area contributed by atoms with E-state index in [2.05, 4.69) is 4.72 Å². The maximum absolute atomic E-state index is 12.3. The minimum Gasteiger partial charge on any atom is -0.493 e. The highest BCUT2D eigenvalue weighted by Gasteiger charge is 2.18. The molecule has 0 amide bonds. The largest absolute Gasteiger partial charge is 0.493 e. The highest BCUT2D eigenvalue weighted by molar-refractivity contribution is 7.89. The van der Waals surface area contributed by atoms with Gasteiger partial charge in [0, 0.05) is 13.0 Å². The summed E-state index contributed by atoms with van der Waals surface area (Å²) in [5, 5.41) is 0. The number of hydrogen-bond donors (Lipinski definition) is 1. The Balaban J connectivity index is 1.76. The Morgan fingerprint density at radius 2 is 1.90 bits per heavy atom. The average Bonchev–Trinajstić information content (AvgIpc) is 2.94. The first-order valence-electron chi connectivity index (χ1n) is 6.85. The van der Waals surface area contributed by atoms with E-state index in [0.29, 0.717) is 11.5 Å². The van der Waals surface area contributed by atoms with Crippen molar-refractivity contribution in [3.05, 3.63) is 59.2 Å². The number of sulfonamides is 1. The van der Waals surface area contributed by atoms with Crippen molar-refractivity contribution in [1.82, 2.24) is 4.72 Å². The van der Waals surface area contributed by atoms with Gasteiger partial charge in [-0.3, -0.25) is 0 Å². The van der Waals surface area contributed by atoms with Gasteiger partial charge in [0.2, 0.25) is 10.0 Å². The summed E-state index contributed by atoms with van der Waals surface area (Å²) in [4.78, 5) is 0.291. The van der Waals surface area contributed by atoms with Crippen LogP contribution in [0.2, 0.25) is 0 Å². The third-order valence-corrected chi connectivity index (χ3v) is 4.96. The van der Waals surface area contributed by atoms with Crippen LogP contribution in [0.4, 0.5) is 0 Å². The summed E-state index contributed by atoms with van der Waals surface area (Å²) >= 11 is 0. The third kappa shape index (κ3) is 3.09. The Bertz CT molecular complexity index is 752. The molecule has 1 N–H and O–H groups in total. The predicted molar refractivity (Wildman–Crippen MR) is 80.8 cm³/mol. The quantitative estimate of drug-likeness (QED) is 0.943. The molecule has 5 heteroatoms. The molecule has 1 heterocycles. The van der Waals surface area contributed by atoms with E-state index in [1.54, 1.807) is 18.2 Å². The first-order valence-corrected chi connectivity index (χ1v) is 8.34. The molecule has 2 aromatic rings. The normalized spacial score (nSPS) is 13.8. The van der Waals surface area contributed by atoms with Gasteiger partial charge in [-0.25, -0.2) is 13.1 Å². The Morgan fingerprint density at radius 1 is 1.14 bits per heavy atom. The number of nitrogens with one attached hydrogen (secondary N) is 1. The van der Waals surface area contributed by atoms with Gasteiger partial charge in [-0.2, -0.15) is 0 Å². The molecule has 2 aromatic carbocycles. The Kier molecular flexibility index (Phi) is 3.69. The van der Waals surface area contributed by atoms with E-state index in [-0.39, 0.29) is 6.54 Å². The van der Waals surface area contributed by atoms with E-state index in [4.69, 9.17) is 4.74 Å². The second-order valence-electron chi connectivity index (χ2n) is 5.18. The van der Waals surface area contributed by atoms with Crippen LogP contribution in [-0.2, 0) is 23.0 Å². The summed E-state index contributed by atoms with van der Waals surface area (Å²) in [5.74, 6) is 0.785. The molecule has 1 aliphatic heterocycles. The van der Waals surface area contributed by atoms with E-state index in [9.17, 15) is 8.42 Å². The summed E-state index contributed by atoms with van der Waals surface area (Å²) in [7, 11) is -3.50. The molecule has 0 saturated carbocycles. The van der Waals surface area contributed by atoms with Crippen LogP contribution < -0.4 is 9.46 Å². The highest BCUT2D eigenvalue weighted by Crippen LogP contribution is 2.27. The molecular weight excluding hydrogens is 286 g/mol. The number of aryl methyl sites for hydroxylation is 1. The molecule has 0 atom stereocenters. The summed E-state index contributed by atoms with van der Waals surface area (Å²) < 4.78 is 32.7. The summed E-state index contributed by atoms with van der Waals surface area (Å²) in [6.45, 7) is 2.91. The van der Waals surface area contributed by atoms with E-state index < -0.39 is 10.0 Å². The maximum Gasteiger partial charge on any atom is 0.240 e. The van der Waals surface area contributed by atoms with Gasteiger partial charge >= 0.3 is 0 Å². The lowest BCUT2D eigenvalue weighted by Crippen LogP contribution is -2.23. The zero-order valence-electron chi connectivity index (χ0n) is 11.8. The second kappa shape index (κ2) is 5.50. The van der Waals surface area contributed by atoms with Crippen LogP contribution >= 0.6 is 0 Å². The van der Waals surface area contributed by atoms with Gasteiger partial charge in [0.15, 0.2) is 0 Å². The smallest absolute Gasteiger partial charge is 0.240 e. The maximum atomic E-state index is 12.3. The van der Waals surface area contributed by atoms with Gasteiger partial charge in [0.05, 0.1) is 11.5 Å². The van der Waals surface area contributed by atoms with Crippen LogP contribution in [0.15, 0.2) is 47.4 Å². The fraction of sp³-hybridized carbons (Fsp3) is 0.250. The predicted octanol–water partition coefficient (Wildman–Crippen LogP) is 2.41. The lowest BCUT2D eigenvalue weighted by Gasteiger charge is -2.08. The third-order valence-electron chi connectivity index (χ3n) is 3.56. The van der Waals surface area contributed by atoms with Crippen molar-refractivity contribution in [2.24, 2.45) is 0 Å². The van der Waals surface area contributed by atoms with Gasteiger partial charge in [-0.15, -0.1) is 0 Å². The Morgan fingerprint density at radius 3 is 2.67 bits per heavy atom. The van der Waals surface area contributed by atoms with Gasteiger partial charge < -0.3 is 4.74 Å². The zero-order chi connectivity index (χ0) is 14.9. The number of rotatable bonds is 4. The number of benzene rings is 2. The van der Waals surface area contributed by atoms with Gasteiger partial charge in [-0.1, -0.05) is 29.8 Å². The van der Waals surface area contributed by atoms with Crippen LogP contribution in [0.1, 0.15) is 16.7 Å². The van der Waals surface area contributed by atoms with Crippen molar-refractivity contribution < 1.29 is 13.2 Å². The van der Waals surface area contributed by atoms with E-state index in [1.165, 1.54) is 0 Å². The van der Waals surface area contributed by atoms with Crippen molar-refractivity contribution in [3.63, 3.8) is 0 Å². The van der Waals surface area contributed by atoms with Crippen LogP contribution in [-0.4, -0.2) is 15.0 Å². The van der Waals surface area contributed by atoms with E-state index in [1.807, 2.05) is 31.2 Å². The summed E-state index contributed by atoms with van der Waals surface area (Å²) in [6.07, 6.45) is 0.761. The van der Waals surface area contributed by atoms with Crippen molar-refractivity contribution in [1.29, 1.82) is 0 Å². The molecule has 0 spiro atoms. The standard InChI is InChI=1S/C16H17NO3S/c1-12-2-4-13(5-3-12)11-17-21(18,19)15-6-7-16-14(10-15)8-9-20-16/h2-7,10,17H,8-9,11H2,1H3. The number of hydrogen-bond acceptors (Lipinski definition) is 3. The minimum absolute atomic E-state index is 0.288. The van der Waals surface area contributed by atoms with Crippen LogP contribution in [0.25, 0.3) is 0 Å². The molecule has 0 saturated heterocycles. The molecule has 0 aliphatic carbocycles. The van der Waals surface area contributed by atoms with Crippen molar-refractivity contribution >= 4 is 10.0 Å². The molecule has 0 radical (unpaired) electrons. The monoisotopic (exact) mass is 303 g/mol. The fourth-order valence-corrected chi connectivity index (χ4v) is 3.37. The molecular formula is C16H17NO3S. The second-order valence-corrected chi connectivity index (χ2v) is 6.95. The molecule has 0 bridgehead atoms. The molecule has 0 unspecified atom stereocenters. The van der Waals surface area contributed by atoms with Crippen molar-refractivity contribution in [3.8, 4) is 5.75 Å². The lowest BCUT2D eigenvalue weighted by atomic mass is 10.2. The van der Waals surface area contributed by atoms with Gasteiger partial charge in [0.25, 0.3) is 0 Å². The van der Waals surface area contributed by atoms with Crippen molar-refractivity contribution in [2.45, 2.75) is 24.8 Å². The summed E-state index contributed by atoms with van der Waals surface area (Å²) in [5.41, 5.74) is 3.04. The highest BCUT2D eigenvalue weighted by atomic mass is 32.2. The zero-order valence-corrected chi connectivity index (χ0v) is 12.6.